The zero-order valence-electron chi connectivity index (χ0n) is 18.7. The highest BCUT2D eigenvalue weighted by Crippen LogP contribution is 2.29. The van der Waals surface area contributed by atoms with Crippen LogP contribution in [0.25, 0.3) is 33.2 Å². The molecule has 0 spiro atoms. The average Bonchev–Trinajstić information content (AvgIpc) is 2.87. The molecule has 8 heteroatoms. The number of ether oxygens (including phenoxy) is 2. The standard InChI is InChI=1S/C27H19BrN2O5/c1-2-33-27(32)21-12-18(28)11-20-23(31)13-24(35-26(20)21)16-7-5-8-19(10-16)34-15-25-29-14-17-6-3-4-9-22(17)30-25/h3-14H,2,15H2,1H3. The molecule has 0 aliphatic heterocycles. The molecule has 7 nitrogen and oxygen atoms in total. The van der Waals surface area contributed by atoms with E-state index in [0.29, 0.717) is 27.4 Å². The molecular formula is C27H19BrN2O5. The fourth-order valence-corrected chi connectivity index (χ4v) is 4.15. The number of benzene rings is 3. The van der Waals surface area contributed by atoms with Crippen molar-refractivity contribution in [2.24, 2.45) is 0 Å². The molecule has 2 aromatic heterocycles. The van der Waals surface area contributed by atoms with Crippen LogP contribution in [0.3, 0.4) is 0 Å². The summed E-state index contributed by atoms with van der Waals surface area (Å²) in [7, 11) is 0. The molecule has 0 saturated carbocycles. The summed E-state index contributed by atoms with van der Waals surface area (Å²) >= 11 is 3.34. The number of esters is 1. The SMILES string of the molecule is CCOC(=O)c1cc(Br)cc2c(=O)cc(-c3cccc(OCc4ncc5ccccc5n4)c3)oc12. The lowest BCUT2D eigenvalue weighted by Gasteiger charge is -2.10. The highest BCUT2D eigenvalue weighted by Gasteiger charge is 2.18. The van der Waals surface area contributed by atoms with Gasteiger partial charge in [0.05, 0.1) is 17.5 Å². The minimum absolute atomic E-state index is 0.171. The second-order valence-electron chi connectivity index (χ2n) is 7.69. The number of carbonyl (C=O) groups excluding carboxylic acids is 1. The molecule has 3 aromatic carbocycles. The fourth-order valence-electron chi connectivity index (χ4n) is 3.69. The van der Waals surface area contributed by atoms with Gasteiger partial charge in [-0.25, -0.2) is 14.8 Å². The van der Waals surface area contributed by atoms with Crippen LogP contribution in [0.15, 0.2) is 86.6 Å². The summed E-state index contributed by atoms with van der Waals surface area (Å²) in [5.74, 6) is 0.855. The Balaban J connectivity index is 1.47. The van der Waals surface area contributed by atoms with Crippen molar-refractivity contribution >= 4 is 43.8 Å². The molecule has 174 valence electrons. The molecule has 0 aliphatic carbocycles. The van der Waals surface area contributed by atoms with E-state index in [4.69, 9.17) is 13.9 Å². The lowest BCUT2D eigenvalue weighted by atomic mass is 10.1. The molecule has 0 radical (unpaired) electrons. The summed E-state index contributed by atoms with van der Waals surface area (Å²) in [5.41, 5.74) is 1.54. The maximum Gasteiger partial charge on any atom is 0.341 e. The molecule has 0 bridgehead atoms. The van der Waals surface area contributed by atoms with E-state index in [0.717, 1.165) is 10.9 Å². The first-order valence-corrected chi connectivity index (χ1v) is 11.7. The van der Waals surface area contributed by atoms with E-state index in [2.05, 4.69) is 25.9 Å². The van der Waals surface area contributed by atoms with E-state index in [1.54, 1.807) is 49.5 Å². The van der Waals surface area contributed by atoms with Gasteiger partial charge in [0.25, 0.3) is 0 Å². The summed E-state index contributed by atoms with van der Waals surface area (Å²) in [5, 5.41) is 1.24. The minimum Gasteiger partial charge on any atom is -0.486 e. The van der Waals surface area contributed by atoms with Crippen molar-refractivity contribution in [1.29, 1.82) is 0 Å². The number of nitrogens with zero attached hydrogens (tertiary/aromatic N) is 2. The van der Waals surface area contributed by atoms with Gasteiger partial charge in [-0.3, -0.25) is 4.79 Å². The van der Waals surface area contributed by atoms with Gasteiger partial charge in [0.15, 0.2) is 16.8 Å². The molecule has 0 saturated heterocycles. The third kappa shape index (κ3) is 4.79. The van der Waals surface area contributed by atoms with E-state index >= 15 is 0 Å². The second kappa shape index (κ2) is 9.68. The van der Waals surface area contributed by atoms with Crippen molar-refractivity contribution in [2.45, 2.75) is 13.5 Å². The number of hydrogen-bond acceptors (Lipinski definition) is 7. The number of rotatable bonds is 6. The Morgan fingerprint density at radius 2 is 1.91 bits per heavy atom. The van der Waals surface area contributed by atoms with Crippen LogP contribution >= 0.6 is 15.9 Å². The second-order valence-corrected chi connectivity index (χ2v) is 8.60. The molecule has 5 aromatic rings. The van der Waals surface area contributed by atoms with Crippen LogP contribution in [0.2, 0.25) is 0 Å². The summed E-state index contributed by atoms with van der Waals surface area (Å²) < 4.78 is 17.7. The maximum atomic E-state index is 12.9. The van der Waals surface area contributed by atoms with Gasteiger partial charge in [0, 0.05) is 27.7 Å². The number of aromatic nitrogens is 2. The molecule has 0 N–H and O–H groups in total. The van der Waals surface area contributed by atoms with Gasteiger partial charge in [-0.05, 0) is 37.3 Å². The van der Waals surface area contributed by atoms with E-state index < -0.39 is 5.97 Å². The lowest BCUT2D eigenvalue weighted by Crippen LogP contribution is -2.09. The van der Waals surface area contributed by atoms with Crippen LogP contribution in [0.5, 0.6) is 5.75 Å². The monoisotopic (exact) mass is 530 g/mol. The van der Waals surface area contributed by atoms with Crippen molar-refractivity contribution in [3.63, 3.8) is 0 Å². The minimum atomic E-state index is -0.563. The van der Waals surface area contributed by atoms with Gasteiger partial charge in [-0.2, -0.15) is 0 Å². The van der Waals surface area contributed by atoms with Gasteiger partial charge in [0.2, 0.25) is 0 Å². The molecule has 0 fully saturated rings. The van der Waals surface area contributed by atoms with Crippen LogP contribution < -0.4 is 10.2 Å². The van der Waals surface area contributed by atoms with Gasteiger partial charge in [0.1, 0.15) is 23.7 Å². The number of para-hydroxylation sites is 1. The third-order valence-corrected chi connectivity index (χ3v) is 5.77. The Hall–Kier alpha value is -4.04. The van der Waals surface area contributed by atoms with Crippen LogP contribution in [0.1, 0.15) is 23.1 Å². The normalized spacial score (nSPS) is 11.0. The van der Waals surface area contributed by atoms with Crippen LogP contribution in [0, 0.1) is 0 Å². The van der Waals surface area contributed by atoms with Gasteiger partial charge in [-0.15, -0.1) is 0 Å². The summed E-state index contributed by atoms with van der Waals surface area (Å²) in [6, 6.07) is 19.5. The Morgan fingerprint density at radius 1 is 1.06 bits per heavy atom. The Morgan fingerprint density at radius 3 is 2.77 bits per heavy atom. The Labute approximate surface area is 208 Å². The number of halogens is 1. The first-order valence-electron chi connectivity index (χ1n) is 10.9. The number of hydrogen-bond donors (Lipinski definition) is 0. The molecule has 5 rings (SSSR count). The van der Waals surface area contributed by atoms with E-state index in [9.17, 15) is 9.59 Å². The molecular weight excluding hydrogens is 512 g/mol. The molecule has 2 heterocycles. The summed E-state index contributed by atoms with van der Waals surface area (Å²) in [4.78, 5) is 34.2. The Kier molecular flexibility index (Phi) is 6.29. The molecule has 0 amide bonds. The predicted molar refractivity (Wildman–Crippen MR) is 135 cm³/mol. The smallest absolute Gasteiger partial charge is 0.341 e. The predicted octanol–water partition coefficient (Wildman–Crippen LogP) is 5.92. The maximum absolute atomic E-state index is 12.9. The van der Waals surface area contributed by atoms with Gasteiger partial charge >= 0.3 is 5.97 Å². The van der Waals surface area contributed by atoms with Crippen LogP contribution in [-0.2, 0) is 11.3 Å². The number of fused-ring (bicyclic) bond motifs is 2. The lowest BCUT2D eigenvalue weighted by molar-refractivity contribution is 0.0527. The van der Waals surface area contributed by atoms with Crippen molar-refractivity contribution in [3.05, 3.63) is 99.0 Å². The first kappa shape index (κ1) is 22.7. The molecule has 0 unspecified atom stereocenters. The van der Waals surface area contributed by atoms with Crippen LogP contribution in [0.4, 0.5) is 0 Å². The fraction of sp³-hybridized carbons (Fsp3) is 0.111. The summed E-state index contributed by atoms with van der Waals surface area (Å²) in [6.07, 6.45) is 1.76. The molecule has 35 heavy (non-hydrogen) atoms. The van der Waals surface area contributed by atoms with Crippen molar-refractivity contribution < 1.29 is 18.7 Å². The largest absolute Gasteiger partial charge is 0.486 e. The zero-order chi connectivity index (χ0) is 24.4. The topological polar surface area (TPSA) is 91.5 Å². The number of carbonyl (C=O) groups is 1. The van der Waals surface area contributed by atoms with E-state index in [-0.39, 0.29) is 35.2 Å². The first-order chi connectivity index (χ1) is 17.0. The summed E-state index contributed by atoms with van der Waals surface area (Å²) in [6.45, 7) is 2.10. The van der Waals surface area contributed by atoms with Gasteiger partial charge < -0.3 is 13.9 Å². The quantitative estimate of drug-likeness (QED) is 0.251. The molecule has 0 aliphatic rings. The van der Waals surface area contributed by atoms with Crippen molar-refractivity contribution in [3.8, 4) is 17.1 Å². The van der Waals surface area contributed by atoms with Crippen LogP contribution in [-0.4, -0.2) is 22.5 Å². The average molecular weight is 531 g/mol. The highest BCUT2D eigenvalue weighted by molar-refractivity contribution is 9.10. The molecule has 0 atom stereocenters. The zero-order valence-corrected chi connectivity index (χ0v) is 20.2. The van der Waals surface area contributed by atoms with Crippen molar-refractivity contribution in [1.82, 2.24) is 9.97 Å². The van der Waals surface area contributed by atoms with E-state index in [1.165, 1.54) is 6.07 Å². The van der Waals surface area contributed by atoms with Crippen molar-refractivity contribution in [2.75, 3.05) is 6.61 Å². The highest BCUT2D eigenvalue weighted by atomic mass is 79.9. The van der Waals surface area contributed by atoms with E-state index in [1.807, 2.05) is 24.3 Å². The van der Waals surface area contributed by atoms with Gasteiger partial charge in [-0.1, -0.05) is 46.3 Å². The Bertz CT molecular complexity index is 1630. The third-order valence-electron chi connectivity index (χ3n) is 5.31.